The summed E-state index contributed by atoms with van der Waals surface area (Å²) in [6.07, 6.45) is 2.00. The summed E-state index contributed by atoms with van der Waals surface area (Å²) in [5.74, 6) is 0.987. The van der Waals surface area contributed by atoms with Crippen LogP contribution in [0.15, 0.2) is 104 Å². The van der Waals surface area contributed by atoms with E-state index in [1.54, 1.807) is 0 Å². The van der Waals surface area contributed by atoms with Crippen LogP contribution in [0.25, 0.3) is 0 Å². The minimum atomic E-state index is -2.05. The van der Waals surface area contributed by atoms with Gasteiger partial charge in [-0.1, -0.05) is 0 Å². The molecule has 0 nitrogen and oxygen atoms in total. The van der Waals surface area contributed by atoms with E-state index in [-0.39, 0.29) is 0 Å². The molecule has 0 atom stereocenters. The molecule has 0 saturated heterocycles. The van der Waals surface area contributed by atoms with Crippen molar-refractivity contribution in [1.82, 2.24) is 0 Å². The van der Waals surface area contributed by atoms with Crippen LogP contribution in [0.5, 0.6) is 0 Å². The molecular formula is C22H23PS. The predicted molar refractivity (Wildman–Crippen MR) is 114 cm³/mol. The number of rotatable bonds is 7. The van der Waals surface area contributed by atoms with Gasteiger partial charge in [0.15, 0.2) is 0 Å². The molecule has 0 aliphatic carbocycles. The van der Waals surface area contributed by atoms with Crippen LogP contribution in [0.3, 0.4) is 0 Å². The average molecular weight is 350 g/mol. The van der Waals surface area contributed by atoms with Crippen molar-refractivity contribution in [3.63, 3.8) is 0 Å². The van der Waals surface area contributed by atoms with E-state index in [1.807, 2.05) is 17.8 Å². The molecule has 3 aromatic carbocycles. The van der Waals surface area contributed by atoms with Crippen molar-refractivity contribution in [2.24, 2.45) is 0 Å². The fourth-order valence-electron chi connectivity index (χ4n) is 3.21. The number of benzene rings is 3. The van der Waals surface area contributed by atoms with Crippen LogP contribution < -0.4 is 15.9 Å². The zero-order chi connectivity index (χ0) is 16.7. The summed E-state index contributed by atoms with van der Waals surface area (Å²) >= 11 is 1.99. The van der Waals surface area contributed by atoms with Crippen LogP contribution in [-0.4, -0.2) is 11.2 Å². The molecule has 0 radical (unpaired) electrons. The van der Waals surface area contributed by atoms with E-state index < -0.39 is 7.26 Å². The summed E-state index contributed by atoms with van der Waals surface area (Å²) in [5.41, 5.74) is 1.12. The van der Waals surface area contributed by atoms with E-state index in [4.69, 9.17) is 0 Å². The summed E-state index contributed by atoms with van der Waals surface area (Å²) in [7, 11) is -2.05. The predicted octanol–water partition coefficient (Wildman–Crippen LogP) is 4.59. The van der Waals surface area contributed by atoms with Gasteiger partial charge in [0.2, 0.25) is 0 Å². The van der Waals surface area contributed by atoms with Gasteiger partial charge in [0.05, 0.1) is 0 Å². The molecule has 3 rings (SSSR count). The Hall–Kier alpha value is -1.82. The van der Waals surface area contributed by atoms with Crippen LogP contribution in [0.4, 0.5) is 0 Å². The number of thioether (sulfide) groups is 1. The topological polar surface area (TPSA) is 0 Å². The second-order valence-electron chi connectivity index (χ2n) is 5.81. The van der Waals surface area contributed by atoms with E-state index in [2.05, 4.69) is 97.6 Å². The first-order valence-electron chi connectivity index (χ1n) is 8.23. The zero-order valence-electron chi connectivity index (χ0n) is 13.8. The van der Waals surface area contributed by atoms with E-state index >= 15 is 0 Å². The molecule has 0 bridgehead atoms. The molecule has 0 aromatic heterocycles. The molecule has 0 aliphatic heterocycles. The molecule has 0 fully saturated rings. The van der Waals surface area contributed by atoms with Crippen LogP contribution in [0.2, 0.25) is 0 Å². The van der Waals surface area contributed by atoms with Gasteiger partial charge in [-0.05, 0) is 0 Å². The molecule has 24 heavy (non-hydrogen) atoms. The molecule has 0 unspecified atom stereocenters. The van der Waals surface area contributed by atoms with Crippen molar-refractivity contribution < 1.29 is 0 Å². The zero-order valence-corrected chi connectivity index (χ0v) is 15.6. The fourth-order valence-corrected chi connectivity index (χ4v) is 10.4. The standard InChI is InChI=1S/C22H23PS/c1-2-18-24-19-23(20-12-6-3-7-13-20,21-14-8-4-9-15-21)22-16-10-5-11-17-22/h2-17,23H,1,18-19H2. The third-order valence-electron chi connectivity index (χ3n) is 4.35. The van der Waals surface area contributed by atoms with Crippen molar-refractivity contribution in [2.75, 3.05) is 11.2 Å². The molecule has 0 heterocycles. The van der Waals surface area contributed by atoms with Gasteiger partial charge in [0.1, 0.15) is 0 Å². The Bertz CT molecular complexity index is 657. The Balaban J connectivity index is 2.22. The van der Waals surface area contributed by atoms with Gasteiger partial charge in [-0.15, -0.1) is 0 Å². The summed E-state index contributed by atoms with van der Waals surface area (Å²) in [5, 5.41) is 4.41. The molecule has 0 aliphatic rings. The van der Waals surface area contributed by atoms with E-state index in [0.29, 0.717) is 0 Å². The normalized spacial score (nSPS) is 11.8. The van der Waals surface area contributed by atoms with Gasteiger partial charge < -0.3 is 0 Å². The Morgan fingerprint density at radius 1 is 0.667 bits per heavy atom. The summed E-state index contributed by atoms with van der Waals surface area (Å²) in [6.45, 7) is 3.89. The van der Waals surface area contributed by atoms with Gasteiger partial charge in [-0.2, -0.15) is 0 Å². The van der Waals surface area contributed by atoms with Crippen molar-refractivity contribution in [3.05, 3.63) is 104 Å². The summed E-state index contributed by atoms with van der Waals surface area (Å²) in [6, 6.07) is 33.2. The second-order valence-corrected chi connectivity index (χ2v) is 11.2. The van der Waals surface area contributed by atoms with E-state index in [9.17, 15) is 0 Å². The first-order valence-corrected chi connectivity index (χ1v) is 11.6. The number of hydrogen-bond donors (Lipinski definition) is 0. The maximum atomic E-state index is 3.89. The molecule has 0 amide bonds. The van der Waals surface area contributed by atoms with Gasteiger partial charge in [0.25, 0.3) is 0 Å². The van der Waals surface area contributed by atoms with Gasteiger partial charge in [-0.25, -0.2) is 0 Å². The Morgan fingerprint density at radius 2 is 1.04 bits per heavy atom. The van der Waals surface area contributed by atoms with Gasteiger partial charge in [-0.3, -0.25) is 0 Å². The third-order valence-corrected chi connectivity index (χ3v) is 11.3. The molecule has 0 saturated carbocycles. The van der Waals surface area contributed by atoms with Crippen molar-refractivity contribution >= 4 is 34.9 Å². The molecule has 0 N–H and O–H groups in total. The first kappa shape index (κ1) is 17.0. The Morgan fingerprint density at radius 3 is 1.38 bits per heavy atom. The Kier molecular flexibility index (Phi) is 5.91. The first-order chi connectivity index (χ1) is 11.9. The monoisotopic (exact) mass is 350 g/mol. The molecule has 2 heteroatoms. The molecular weight excluding hydrogens is 327 g/mol. The average Bonchev–Trinajstić information content (AvgIpc) is 2.68. The van der Waals surface area contributed by atoms with Gasteiger partial charge >= 0.3 is 150 Å². The van der Waals surface area contributed by atoms with Crippen LogP contribution in [-0.2, 0) is 0 Å². The molecule has 3 aromatic rings. The van der Waals surface area contributed by atoms with Crippen molar-refractivity contribution in [1.29, 1.82) is 0 Å². The van der Waals surface area contributed by atoms with Gasteiger partial charge in [0, 0.05) is 0 Å². The quantitative estimate of drug-likeness (QED) is 0.341. The second kappa shape index (κ2) is 8.33. The third kappa shape index (κ3) is 3.48. The number of hydrogen-bond acceptors (Lipinski definition) is 1. The van der Waals surface area contributed by atoms with Crippen LogP contribution in [0, 0.1) is 0 Å². The van der Waals surface area contributed by atoms with Crippen LogP contribution >= 0.6 is 19.0 Å². The Labute approximate surface area is 150 Å². The minimum absolute atomic E-state index is 0.987. The van der Waals surface area contributed by atoms with Crippen LogP contribution in [0.1, 0.15) is 0 Å². The SMILES string of the molecule is C=CCSC[PH](c1ccccc1)(c1ccccc1)c1ccccc1. The summed E-state index contributed by atoms with van der Waals surface area (Å²) < 4.78 is 0. The fraction of sp³-hybridized carbons (Fsp3) is 0.0909. The molecule has 122 valence electrons. The van der Waals surface area contributed by atoms with Crippen molar-refractivity contribution in [2.45, 2.75) is 0 Å². The molecule has 0 spiro atoms. The van der Waals surface area contributed by atoms with E-state index in [1.165, 1.54) is 15.9 Å². The maximum absolute atomic E-state index is 3.89. The summed E-state index contributed by atoms with van der Waals surface area (Å²) in [4.78, 5) is 0. The van der Waals surface area contributed by atoms with E-state index in [0.717, 1.165) is 11.2 Å². The van der Waals surface area contributed by atoms with Crippen molar-refractivity contribution in [3.8, 4) is 0 Å².